The third-order valence-corrected chi connectivity index (χ3v) is 5.50. The van der Waals surface area contributed by atoms with Gasteiger partial charge >= 0.3 is 0 Å². The molecule has 0 spiro atoms. The zero-order valence-corrected chi connectivity index (χ0v) is 15.0. The number of likely N-dealkylation sites (N-methyl/N-ethyl adjacent to an activating group) is 1. The van der Waals surface area contributed by atoms with E-state index >= 15 is 0 Å². The number of rotatable bonds is 2. The summed E-state index contributed by atoms with van der Waals surface area (Å²) in [5, 5.41) is 3.43. The van der Waals surface area contributed by atoms with Gasteiger partial charge in [0.1, 0.15) is 16.5 Å². The smallest absolute Gasteiger partial charge is 0.141 e. The maximum atomic E-state index is 4.85. The lowest BCUT2D eigenvalue weighted by Gasteiger charge is -2.23. The number of hydrogen-bond donors (Lipinski definition) is 0. The van der Waals surface area contributed by atoms with Crippen molar-refractivity contribution in [2.75, 3.05) is 38.1 Å². The van der Waals surface area contributed by atoms with Crippen LogP contribution < -0.4 is 4.90 Å². The van der Waals surface area contributed by atoms with Gasteiger partial charge in [0, 0.05) is 30.6 Å². The second-order valence-electron chi connectivity index (χ2n) is 6.43. The predicted octanol–water partition coefficient (Wildman–Crippen LogP) is 3.81. The molecule has 24 heavy (non-hydrogen) atoms. The SMILES string of the molecule is Cc1nc(N2CCCN(C)CC2)c2c(-c3ccccc3)csc2n1. The fourth-order valence-corrected chi connectivity index (χ4v) is 4.33. The van der Waals surface area contributed by atoms with Crippen molar-refractivity contribution in [3.63, 3.8) is 0 Å². The van der Waals surface area contributed by atoms with Crippen molar-refractivity contribution in [2.45, 2.75) is 13.3 Å². The average molecular weight is 338 g/mol. The Labute approximate surface area is 146 Å². The van der Waals surface area contributed by atoms with E-state index in [1.807, 2.05) is 6.92 Å². The molecule has 2 aromatic heterocycles. The zero-order chi connectivity index (χ0) is 16.5. The summed E-state index contributed by atoms with van der Waals surface area (Å²) in [4.78, 5) is 15.5. The van der Waals surface area contributed by atoms with E-state index in [4.69, 9.17) is 4.98 Å². The van der Waals surface area contributed by atoms with Crippen LogP contribution in [0.5, 0.6) is 0 Å². The van der Waals surface area contributed by atoms with E-state index in [9.17, 15) is 0 Å². The molecule has 0 amide bonds. The first kappa shape index (κ1) is 15.5. The Morgan fingerprint density at radius 1 is 1.00 bits per heavy atom. The largest absolute Gasteiger partial charge is 0.355 e. The Morgan fingerprint density at radius 2 is 1.83 bits per heavy atom. The molecule has 0 atom stereocenters. The Hall–Kier alpha value is -1.98. The molecule has 1 aromatic carbocycles. The molecule has 1 aliphatic rings. The lowest BCUT2D eigenvalue weighted by atomic mass is 10.1. The number of fused-ring (bicyclic) bond motifs is 1. The fourth-order valence-electron chi connectivity index (χ4n) is 3.34. The summed E-state index contributed by atoms with van der Waals surface area (Å²) in [7, 11) is 2.20. The van der Waals surface area contributed by atoms with Gasteiger partial charge < -0.3 is 9.80 Å². The van der Waals surface area contributed by atoms with Crippen LogP contribution in [0.25, 0.3) is 21.3 Å². The third kappa shape index (κ3) is 2.89. The molecule has 1 aliphatic heterocycles. The summed E-state index contributed by atoms with van der Waals surface area (Å²) in [5.41, 5.74) is 2.49. The first-order valence-corrected chi connectivity index (χ1v) is 9.35. The number of nitrogens with zero attached hydrogens (tertiary/aromatic N) is 4. The van der Waals surface area contributed by atoms with Crippen molar-refractivity contribution in [3.8, 4) is 11.1 Å². The maximum Gasteiger partial charge on any atom is 0.141 e. The van der Waals surface area contributed by atoms with Crippen molar-refractivity contribution >= 4 is 27.4 Å². The molecule has 3 aromatic rings. The van der Waals surface area contributed by atoms with Gasteiger partial charge in [-0.3, -0.25) is 0 Å². The molecular formula is C19H22N4S. The van der Waals surface area contributed by atoms with Crippen molar-refractivity contribution in [2.24, 2.45) is 0 Å². The molecule has 1 saturated heterocycles. The Bertz CT molecular complexity index is 843. The van der Waals surface area contributed by atoms with Gasteiger partial charge in [-0.2, -0.15) is 0 Å². The molecular weight excluding hydrogens is 316 g/mol. The van der Waals surface area contributed by atoms with Crippen molar-refractivity contribution in [3.05, 3.63) is 41.5 Å². The number of benzene rings is 1. The number of thiophene rings is 1. The average Bonchev–Trinajstić information content (AvgIpc) is 2.89. The van der Waals surface area contributed by atoms with Crippen molar-refractivity contribution in [1.82, 2.24) is 14.9 Å². The van der Waals surface area contributed by atoms with Crippen LogP contribution in [0.2, 0.25) is 0 Å². The molecule has 0 unspecified atom stereocenters. The minimum Gasteiger partial charge on any atom is -0.355 e. The molecule has 4 rings (SSSR count). The molecule has 0 N–H and O–H groups in total. The van der Waals surface area contributed by atoms with Gasteiger partial charge in [-0.15, -0.1) is 11.3 Å². The van der Waals surface area contributed by atoms with Gasteiger partial charge in [-0.1, -0.05) is 30.3 Å². The van der Waals surface area contributed by atoms with Crippen LogP contribution in [0.1, 0.15) is 12.2 Å². The summed E-state index contributed by atoms with van der Waals surface area (Å²) in [5.74, 6) is 1.96. The van der Waals surface area contributed by atoms with Crippen LogP contribution in [0.15, 0.2) is 35.7 Å². The van der Waals surface area contributed by atoms with Crippen LogP contribution in [0.4, 0.5) is 5.82 Å². The van der Waals surface area contributed by atoms with Gasteiger partial charge in [0.05, 0.1) is 5.39 Å². The fraction of sp³-hybridized carbons (Fsp3) is 0.368. The van der Waals surface area contributed by atoms with Crippen LogP contribution in [0.3, 0.4) is 0 Å². The van der Waals surface area contributed by atoms with Crippen molar-refractivity contribution < 1.29 is 0 Å². The number of aryl methyl sites for hydroxylation is 1. The molecule has 0 bridgehead atoms. The minimum absolute atomic E-state index is 0.858. The van der Waals surface area contributed by atoms with Gasteiger partial charge in [0.2, 0.25) is 0 Å². The molecule has 124 valence electrons. The Kier molecular flexibility index (Phi) is 4.21. The predicted molar refractivity (Wildman–Crippen MR) is 102 cm³/mol. The van der Waals surface area contributed by atoms with Gasteiger partial charge in [-0.25, -0.2) is 9.97 Å². The maximum absolute atomic E-state index is 4.85. The Balaban J connectivity index is 1.86. The zero-order valence-electron chi connectivity index (χ0n) is 14.2. The van der Waals surface area contributed by atoms with Crippen molar-refractivity contribution in [1.29, 1.82) is 0 Å². The van der Waals surface area contributed by atoms with Gasteiger partial charge in [0.25, 0.3) is 0 Å². The Morgan fingerprint density at radius 3 is 2.67 bits per heavy atom. The van der Waals surface area contributed by atoms with Crippen LogP contribution in [-0.4, -0.2) is 48.1 Å². The van der Waals surface area contributed by atoms with E-state index in [1.54, 1.807) is 11.3 Å². The topological polar surface area (TPSA) is 32.3 Å². The van der Waals surface area contributed by atoms with E-state index in [2.05, 4.69) is 57.5 Å². The summed E-state index contributed by atoms with van der Waals surface area (Å²) in [6, 6.07) is 10.6. The van der Waals surface area contributed by atoms with E-state index in [1.165, 1.54) is 22.9 Å². The van der Waals surface area contributed by atoms with Crippen LogP contribution in [-0.2, 0) is 0 Å². The van der Waals surface area contributed by atoms with E-state index in [0.29, 0.717) is 0 Å². The van der Waals surface area contributed by atoms with Gasteiger partial charge in [-0.05, 0) is 32.5 Å². The first-order valence-electron chi connectivity index (χ1n) is 8.47. The molecule has 1 fully saturated rings. The molecule has 5 heteroatoms. The second-order valence-corrected chi connectivity index (χ2v) is 7.29. The van der Waals surface area contributed by atoms with E-state index in [0.717, 1.165) is 42.7 Å². The number of hydrogen-bond acceptors (Lipinski definition) is 5. The highest BCUT2D eigenvalue weighted by Gasteiger charge is 2.20. The van der Waals surface area contributed by atoms with Gasteiger partial charge in [0.15, 0.2) is 0 Å². The summed E-state index contributed by atoms with van der Waals surface area (Å²) in [6.45, 7) is 6.30. The van der Waals surface area contributed by atoms with Crippen LogP contribution >= 0.6 is 11.3 Å². The quantitative estimate of drug-likeness (QED) is 0.711. The molecule has 0 aliphatic carbocycles. The third-order valence-electron chi connectivity index (χ3n) is 4.63. The second kappa shape index (κ2) is 6.49. The standard InChI is InChI=1S/C19H22N4S/c1-14-20-18(23-10-6-9-22(2)11-12-23)17-16(13-24-19(17)21-14)15-7-4-3-5-8-15/h3-5,7-8,13H,6,9-12H2,1-2H3. The summed E-state index contributed by atoms with van der Waals surface area (Å²) < 4.78 is 0. The first-order chi connectivity index (χ1) is 11.7. The van der Waals surface area contributed by atoms with Crippen LogP contribution in [0, 0.1) is 6.92 Å². The molecule has 4 nitrogen and oxygen atoms in total. The number of aromatic nitrogens is 2. The highest BCUT2D eigenvalue weighted by molar-refractivity contribution is 7.17. The molecule has 0 saturated carbocycles. The highest BCUT2D eigenvalue weighted by atomic mass is 32.1. The molecule has 3 heterocycles. The summed E-state index contributed by atoms with van der Waals surface area (Å²) >= 11 is 1.72. The van der Waals surface area contributed by atoms with E-state index < -0.39 is 0 Å². The minimum atomic E-state index is 0.858. The molecule has 0 radical (unpaired) electrons. The monoisotopic (exact) mass is 338 g/mol. The number of anilines is 1. The lowest BCUT2D eigenvalue weighted by molar-refractivity contribution is 0.360. The summed E-state index contributed by atoms with van der Waals surface area (Å²) in [6.07, 6.45) is 1.17. The van der Waals surface area contributed by atoms with E-state index in [-0.39, 0.29) is 0 Å². The lowest BCUT2D eigenvalue weighted by Crippen LogP contribution is -2.29. The highest BCUT2D eigenvalue weighted by Crippen LogP contribution is 2.38. The normalized spacial score (nSPS) is 16.5.